The van der Waals surface area contributed by atoms with Crippen molar-refractivity contribution >= 4 is 45.2 Å². The highest BCUT2D eigenvalue weighted by molar-refractivity contribution is 8.00. The molecule has 0 spiro atoms. The average molecular weight is 401 g/mol. The van der Waals surface area contributed by atoms with Crippen molar-refractivity contribution in [2.45, 2.75) is 25.3 Å². The summed E-state index contributed by atoms with van der Waals surface area (Å²) >= 11 is 2.85. The lowest BCUT2D eigenvalue weighted by molar-refractivity contribution is -0.141. The molecule has 0 unspecified atom stereocenters. The van der Waals surface area contributed by atoms with Gasteiger partial charge in [-0.05, 0) is 49.2 Å². The monoisotopic (exact) mass is 400 g/mol. The zero-order chi connectivity index (χ0) is 19.4. The predicted molar refractivity (Wildman–Crippen MR) is 109 cm³/mol. The Bertz CT molecular complexity index is 1050. The van der Waals surface area contributed by atoms with E-state index in [9.17, 15) is 9.59 Å². The Morgan fingerprint density at radius 3 is 2.56 bits per heavy atom. The first-order valence-electron chi connectivity index (χ1n) is 8.40. The molecule has 1 heterocycles. The van der Waals surface area contributed by atoms with Gasteiger partial charge in [0, 0.05) is 4.90 Å². The third-order valence-electron chi connectivity index (χ3n) is 4.14. The van der Waals surface area contributed by atoms with Gasteiger partial charge in [0.2, 0.25) is 0 Å². The second kappa shape index (κ2) is 8.54. The lowest BCUT2D eigenvalue weighted by Gasteiger charge is -2.05. The Kier molecular flexibility index (Phi) is 6.13. The van der Waals surface area contributed by atoms with Crippen molar-refractivity contribution in [3.8, 4) is 0 Å². The van der Waals surface area contributed by atoms with Gasteiger partial charge in [0.15, 0.2) is 4.80 Å². The van der Waals surface area contributed by atoms with Crippen LogP contribution in [0.4, 0.5) is 0 Å². The van der Waals surface area contributed by atoms with Crippen LogP contribution in [0.2, 0.25) is 0 Å². The number of amides is 1. The van der Waals surface area contributed by atoms with Gasteiger partial charge in [-0.3, -0.25) is 9.59 Å². The van der Waals surface area contributed by atoms with Crippen LogP contribution in [0.3, 0.4) is 0 Å². The van der Waals surface area contributed by atoms with Gasteiger partial charge in [-0.2, -0.15) is 4.99 Å². The number of ether oxygens (including phenoxy) is 1. The Hall–Kier alpha value is -2.38. The molecule has 0 aliphatic rings. The van der Waals surface area contributed by atoms with Crippen LogP contribution < -0.4 is 4.80 Å². The van der Waals surface area contributed by atoms with Crippen LogP contribution in [0, 0.1) is 13.8 Å². The number of esters is 1. The van der Waals surface area contributed by atoms with Crippen molar-refractivity contribution in [1.82, 2.24) is 4.57 Å². The number of benzene rings is 2. The van der Waals surface area contributed by atoms with Gasteiger partial charge in [0.1, 0.15) is 6.54 Å². The van der Waals surface area contributed by atoms with Gasteiger partial charge in [-0.1, -0.05) is 29.5 Å². The molecule has 5 nitrogen and oxygen atoms in total. The standard InChI is InChI=1S/C20H20N2O3S2/c1-13-9-16-17(10-14(13)2)27-20(22(16)11-19(24)25-3)21-18(23)12-26-15-7-5-4-6-8-15/h4-10H,11-12H2,1-3H3. The van der Waals surface area contributed by atoms with Gasteiger partial charge in [0.05, 0.1) is 23.1 Å². The van der Waals surface area contributed by atoms with Crippen LogP contribution >= 0.6 is 23.1 Å². The summed E-state index contributed by atoms with van der Waals surface area (Å²) in [6, 6.07) is 13.8. The van der Waals surface area contributed by atoms with E-state index < -0.39 is 0 Å². The number of aryl methyl sites for hydroxylation is 2. The first kappa shape index (κ1) is 19.4. The number of hydrogen-bond donors (Lipinski definition) is 0. The summed E-state index contributed by atoms with van der Waals surface area (Å²) in [7, 11) is 1.35. The molecule has 0 saturated carbocycles. The second-order valence-electron chi connectivity index (χ2n) is 6.06. The van der Waals surface area contributed by atoms with Gasteiger partial charge < -0.3 is 9.30 Å². The minimum absolute atomic E-state index is 0.0247. The summed E-state index contributed by atoms with van der Waals surface area (Å²) in [4.78, 5) is 30.1. The maximum Gasteiger partial charge on any atom is 0.325 e. The van der Waals surface area contributed by atoms with Crippen molar-refractivity contribution in [3.05, 3.63) is 58.4 Å². The number of methoxy groups -OCH3 is 1. The number of carbonyl (C=O) groups is 2. The maximum atomic E-state index is 12.4. The van der Waals surface area contributed by atoms with Crippen molar-refractivity contribution in [2.75, 3.05) is 12.9 Å². The molecule has 0 saturated heterocycles. The zero-order valence-electron chi connectivity index (χ0n) is 15.4. The van der Waals surface area contributed by atoms with Crippen LogP contribution in [0.25, 0.3) is 10.2 Å². The van der Waals surface area contributed by atoms with Crippen molar-refractivity contribution in [1.29, 1.82) is 0 Å². The lowest BCUT2D eigenvalue weighted by Crippen LogP contribution is -2.22. The summed E-state index contributed by atoms with van der Waals surface area (Å²) in [6.07, 6.45) is 0. The fourth-order valence-corrected chi connectivity index (χ4v) is 4.38. The first-order chi connectivity index (χ1) is 13.0. The third-order valence-corrected chi connectivity index (χ3v) is 6.18. The number of thioether (sulfide) groups is 1. The molecule has 27 heavy (non-hydrogen) atoms. The van der Waals surface area contributed by atoms with Crippen LogP contribution in [0.15, 0.2) is 52.4 Å². The maximum absolute atomic E-state index is 12.4. The van der Waals surface area contributed by atoms with Crippen LogP contribution in [0.1, 0.15) is 11.1 Å². The molecule has 3 aromatic rings. The Morgan fingerprint density at radius 2 is 1.85 bits per heavy atom. The Balaban J connectivity index is 1.95. The van der Waals surface area contributed by atoms with Crippen molar-refractivity contribution in [2.24, 2.45) is 4.99 Å². The number of hydrogen-bond acceptors (Lipinski definition) is 5. The molecule has 0 N–H and O–H groups in total. The van der Waals surface area contributed by atoms with Crippen LogP contribution in [0.5, 0.6) is 0 Å². The van der Waals surface area contributed by atoms with Crippen LogP contribution in [-0.4, -0.2) is 29.3 Å². The molecule has 3 rings (SSSR count). The largest absolute Gasteiger partial charge is 0.468 e. The van der Waals surface area contributed by atoms with E-state index in [2.05, 4.69) is 11.1 Å². The summed E-state index contributed by atoms with van der Waals surface area (Å²) in [6.45, 7) is 4.09. The Morgan fingerprint density at radius 1 is 1.15 bits per heavy atom. The van der Waals surface area contributed by atoms with E-state index in [0.29, 0.717) is 4.80 Å². The molecule has 0 atom stereocenters. The molecule has 2 aromatic carbocycles. The molecule has 1 amide bonds. The molecule has 0 radical (unpaired) electrons. The summed E-state index contributed by atoms with van der Waals surface area (Å²) in [5.74, 6) is -0.364. The SMILES string of the molecule is COC(=O)Cn1c(=NC(=O)CSc2ccccc2)sc2cc(C)c(C)cc21. The van der Waals surface area contributed by atoms with E-state index in [1.165, 1.54) is 30.2 Å². The molecule has 0 aliphatic heterocycles. The van der Waals surface area contributed by atoms with E-state index in [0.717, 1.165) is 26.2 Å². The zero-order valence-corrected chi connectivity index (χ0v) is 17.0. The molecule has 1 aromatic heterocycles. The Labute approximate surface area is 165 Å². The van der Waals surface area contributed by atoms with E-state index in [-0.39, 0.29) is 24.2 Å². The van der Waals surface area contributed by atoms with Crippen molar-refractivity contribution in [3.63, 3.8) is 0 Å². The highest BCUT2D eigenvalue weighted by Gasteiger charge is 2.13. The summed E-state index contributed by atoms with van der Waals surface area (Å²) < 4.78 is 7.55. The number of rotatable bonds is 5. The highest BCUT2D eigenvalue weighted by Crippen LogP contribution is 2.22. The molecular weight excluding hydrogens is 380 g/mol. The molecule has 0 aliphatic carbocycles. The quantitative estimate of drug-likeness (QED) is 0.484. The molecule has 7 heteroatoms. The summed E-state index contributed by atoms with van der Waals surface area (Å²) in [5, 5.41) is 0. The normalized spacial score (nSPS) is 11.7. The third kappa shape index (κ3) is 4.67. The number of fused-ring (bicyclic) bond motifs is 1. The average Bonchev–Trinajstić information content (AvgIpc) is 2.97. The smallest absolute Gasteiger partial charge is 0.325 e. The van der Waals surface area contributed by atoms with Crippen molar-refractivity contribution < 1.29 is 14.3 Å². The second-order valence-corrected chi connectivity index (χ2v) is 8.12. The molecule has 0 bridgehead atoms. The minimum Gasteiger partial charge on any atom is -0.468 e. The van der Waals surface area contributed by atoms with E-state index in [1.54, 1.807) is 4.57 Å². The number of thiazole rings is 1. The lowest BCUT2D eigenvalue weighted by atomic mass is 10.1. The topological polar surface area (TPSA) is 60.7 Å². The van der Waals surface area contributed by atoms with Gasteiger partial charge >= 0.3 is 5.97 Å². The van der Waals surface area contributed by atoms with Gasteiger partial charge in [-0.25, -0.2) is 0 Å². The molecule has 140 valence electrons. The predicted octanol–water partition coefficient (Wildman–Crippen LogP) is 3.71. The first-order valence-corrected chi connectivity index (χ1v) is 10.2. The highest BCUT2D eigenvalue weighted by atomic mass is 32.2. The fraction of sp³-hybridized carbons (Fsp3) is 0.250. The molecule has 0 fully saturated rings. The summed E-state index contributed by atoms with van der Waals surface area (Å²) in [5.41, 5.74) is 3.17. The van der Waals surface area contributed by atoms with E-state index in [1.807, 2.05) is 50.2 Å². The number of nitrogens with zero attached hydrogens (tertiary/aromatic N) is 2. The van der Waals surface area contributed by atoms with Crippen LogP contribution in [-0.2, 0) is 20.9 Å². The van der Waals surface area contributed by atoms with E-state index in [4.69, 9.17) is 4.74 Å². The number of carbonyl (C=O) groups excluding carboxylic acids is 2. The fourth-order valence-electron chi connectivity index (χ4n) is 2.55. The van der Waals surface area contributed by atoms with Gasteiger partial charge in [-0.15, -0.1) is 11.8 Å². The van der Waals surface area contributed by atoms with Gasteiger partial charge in [0.25, 0.3) is 5.91 Å². The number of aromatic nitrogens is 1. The van der Waals surface area contributed by atoms with E-state index >= 15 is 0 Å². The molecular formula is C20H20N2O3S2. The minimum atomic E-state index is -0.375.